The van der Waals surface area contributed by atoms with Crippen LogP contribution < -0.4 is 5.43 Å². The molecule has 2 aromatic carbocycles. The lowest BCUT2D eigenvalue weighted by Gasteiger charge is -2.05. The van der Waals surface area contributed by atoms with Crippen LogP contribution >= 0.6 is 27.5 Å². The number of hydrogen-bond donors (Lipinski definition) is 1. The minimum absolute atomic E-state index is 0.0768. The van der Waals surface area contributed by atoms with Crippen molar-refractivity contribution in [2.75, 3.05) is 0 Å². The van der Waals surface area contributed by atoms with Gasteiger partial charge in [-0.25, -0.2) is 0 Å². The molecule has 1 heterocycles. The van der Waals surface area contributed by atoms with Crippen molar-refractivity contribution in [2.45, 2.75) is 18.3 Å². The summed E-state index contributed by atoms with van der Waals surface area (Å²) in [5, 5.41) is 1.49. The Balaban J connectivity index is 1.72. The van der Waals surface area contributed by atoms with Gasteiger partial charge >= 0.3 is 0 Å². The van der Waals surface area contributed by atoms with Gasteiger partial charge in [0.1, 0.15) is 0 Å². The molecule has 1 N–H and O–H groups in total. The Morgan fingerprint density at radius 3 is 2.77 bits per heavy atom. The molecule has 0 spiro atoms. The van der Waals surface area contributed by atoms with Gasteiger partial charge < -0.3 is 4.98 Å². The summed E-state index contributed by atoms with van der Waals surface area (Å²) in [6.07, 6.45) is 1.05. The minimum atomic E-state index is 0.0768. The topological polar surface area (TPSA) is 32.9 Å². The summed E-state index contributed by atoms with van der Waals surface area (Å²) in [5.74, 6) is 0.813. The Hall–Kier alpha value is -1.58. The summed E-state index contributed by atoms with van der Waals surface area (Å²) in [6.45, 7) is 0. The van der Waals surface area contributed by atoms with Gasteiger partial charge in [0.15, 0.2) is 5.43 Å². The maximum absolute atomic E-state index is 12.3. The summed E-state index contributed by atoms with van der Waals surface area (Å²) >= 11 is 9.52. The van der Waals surface area contributed by atoms with Crippen molar-refractivity contribution in [2.24, 2.45) is 0 Å². The molecule has 0 aliphatic heterocycles. The third kappa shape index (κ3) is 2.49. The van der Waals surface area contributed by atoms with E-state index in [9.17, 15) is 4.79 Å². The molecule has 0 radical (unpaired) electrons. The molecule has 2 atom stereocenters. The SMILES string of the molecule is O=c1cc([C@H]2C[C@@H]2c2cccc(Cl)c2)[nH]c2cc(Br)ccc12. The van der Waals surface area contributed by atoms with Crippen LogP contribution in [0, 0.1) is 0 Å². The first kappa shape index (κ1) is 14.0. The van der Waals surface area contributed by atoms with E-state index in [0.29, 0.717) is 11.8 Å². The van der Waals surface area contributed by atoms with Crippen LogP contribution in [0.2, 0.25) is 5.02 Å². The van der Waals surface area contributed by atoms with Gasteiger partial charge in [-0.3, -0.25) is 4.79 Å². The lowest BCUT2D eigenvalue weighted by atomic mass is 10.1. The van der Waals surface area contributed by atoms with Gasteiger partial charge in [-0.1, -0.05) is 39.7 Å². The molecular formula is C18H13BrClNO. The Morgan fingerprint density at radius 1 is 1.09 bits per heavy atom. The molecule has 1 fully saturated rings. The fourth-order valence-corrected chi connectivity index (χ4v) is 3.65. The maximum atomic E-state index is 12.3. The Kier molecular flexibility index (Phi) is 3.35. The van der Waals surface area contributed by atoms with Crippen LogP contribution in [0.15, 0.2) is 57.8 Å². The average molecular weight is 375 g/mol. The first-order valence-electron chi connectivity index (χ1n) is 7.20. The van der Waals surface area contributed by atoms with E-state index in [2.05, 4.69) is 27.0 Å². The Bertz CT molecular complexity index is 934. The van der Waals surface area contributed by atoms with Gasteiger partial charge in [-0.05, 0) is 48.2 Å². The molecule has 1 aliphatic rings. The highest BCUT2D eigenvalue weighted by Crippen LogP contribution is 2.54. The van der Waals surface area contributed by atoms with Crippen molar-refractivity contribution in [1.29, 1.82) is 0 Å². The smallest absolute Gasteiger partial charge is 0.189 e. The second-order valence-electron chi connectivity index (χ2n) is 5.78. The second kappa shape index (κ2) is 5.25. The summed E-state index contributed by atoms with van der Waals surface area (Å²) in [6, 6.07) is 15.4. The number of H-pyrrole nitrogens is 1. The highest BCUT2D eigenvalue weighted by atomic mass is 79.9. The Morgan fingerprint density at radius 2 is 1.95 bits per heavy atom. The average Bonchev–Trinajstić information content (AvgIpc) is 3.27. The number of rotatable bonds is 2. The zero-order valence-electron chi connectivity index (χ0n) is 11.6. The van der Waals surface area contributed by atoms with E-state index < -0.39 is 0 Å². The monoisotopic (exact) mass is 373 g/mol. The zero-order chi connectivity index (χ0) is 15.3. The van der Waals surface area contributed by atoms with Crippen LogP contribution in [0.25, 0.3) is 10.9 Å². The normalized spacial score (nSPS) is 20.3. The highest BCUT2D eigenvalue weighted by Gasteiger charge is 2.40. The third-order valence-electron chi connectivity index (χ3n) is 4.28. The predicted octanol–water partition coefficient (Wildman–Crippen LogP) is 5.22. The number of fused-ring (bicyclic) bond motifs is 1. The van der Waals surface area contributed by atoms with Gasteiger partial charge in [-0.2, -0.15) is 0 Å². The molecule has 2 nitrogen and oxygen atoms in total. The van der Waals surface area contributed by atoms with Crippen LogP contribution in [0.1, 0.15) is 29.5 Å². The minimum Gasteiger partial charge on any atom is -0.358 e. The van der Waals surface area contributed by atoms with Crippen LogP contribution in [0.4, 0.5) is 0 Å². The molecule has 0 saturated heterocycles. The molecule has 4 heteroatoms. The molecule has 1 aliphatic carbocycles. The molecular weight excluding hydrogens is 362 g/mol. The number of hydrogen-bond acceptors (Lipinski definition) is 1. The predicted molar refractivity (Wildman–Crippen MR) is 93.8 cm³/mol. The summed E-state index contributed by atoms with van der Waals surface area (Å²) in [4.78, 5) is 15.7. The van der Waals surface area contributed by atoms with Gasteiger partial charge in [0.05, 0.1) is 5.52 Å². The zero-order valence-corrected chi connectivity index (χ0v) is 14.0. The van der Waals surface area contributed by atoms with Crippen molar-refractivity contribution in [3.8, 4) is 0 Å². The van der Waals surface area contributed by atoms with Gasteiger partial charge in [0.2, 0.25) is 0 Å². The van der Waals surface area contributed by atoms with E-state index >= 15 is 0 Å². The van der Waals surface area contributed by atoms with E-state index in [4.69, 9.17) is 11.6 Å². The summed E-state index contributed by atoms with van der Waals surface area (Å²) in [7, 11) is 0. The number of nitrogens with one attached hydrogen (secondary N) is 1. The fraction of sp³-hybridized carbons (Fsp3) is 0.167. The molecule has 4 rings (SSSR count). The van der Waals surface area contributed by atoms with Crippen LogP contribution in [-0.4, -0.2) is 4.98 Å². The summed E-state index contributed by atoms with van der Waals surface area (Å²) < 4.78 is 0.968. The van der Waals surface area contributed by atoms with Crippen LogP contribution in [0.5, 0.6) is 0 Å². The van der Waals surface area contributed by atoms with Gasteiger partial charge in [-0.15, -0.1) is 0 Å². The first-order chi connectivity index (χ1) is 10.6. The number of aromatic nitrogens is 1. The van der Waals surface area contributed by atoms with E-state index in [1.165, 1.54) is 5.56 Å². The standard InChI is InChI=1S/C18H13BrClNO/c19-11-4-5-13-16(7-11)21-17(9-18(13)22)15-8-14(15)10-2-1-3-12(20)6-10/h1-7,9,14-15H,8H2,(H,21,22)/t14-,15+/m1/s1. The Labute approximate surface area is 141 Å². The van der Waals surface area contributed by atoms with Gasteiger partial charge in [0, 0.05) is 32.6 Å². The van der Waals surface area contributed by atoms with E-state index in [1.807, 2.05) is 36.4 Å². The molecule has 0 unspecified atom stereocenters. The van der Waals surface area contributed by atoms with Crippen molar-refractivity contribution in [3.63, 3.8) is 0 Å². The molecule has 3 aromatic rings. The molecule has 1 saturated carbocycles. The lowest BCUT2D eigenvalue weighted by molar-refractivity contribution is 0.976. The van der Waals surface area contributed by atoms with Crippen molar-refractivity contribution < 1.29 is 0 Å². The third-order valence-corrected chi connectivity index (χ3v) is 5.01. The van der Waals surface area contributed by atoms with Crippen molar-refractivity contribution in [3.05, 3.63) is 79.5 Å². The lowest BCUT2D eigenvalue weighted by Crippen LogP contribution is -2.04. The van der Waals surface area contributed by atoms with E-state index in [1.54, 1.807) is 6.07 Å². The maximum Gasteiger partial charge on any atom is 0.189 e. The first-order valence-corrected chi connectivity index (χ1v) is 8.37. The van der Waals surface area contributed by atoms with E-state index in [0.717, 1.165) is 32.5 Å². The fourth-order valence-electron chi connectivity index (χ4n) is 3.09. The highest BCUT2D eigenvalue weighted by molar-refractivity contribution is 9.10. The summed E-state index contributed by atoms with van der Waals surface area (Å²) in [5.41, 5.74) is 3.22. The van der Waals surface area contributed by atoms with E-state index in [-0.39, 0.29) is 5.43 Å². The molecule has 110 valence electrons. The van der Waals surface area contributed by atoms with Crippen molar-refractivity contribution >= 4 is 38.4 Å². The quantitative estimate of drug-likeness (QED) is 0.656. The van der Waals surface area contributed by atoms with Crippen LogP contribution in [-0.2, 0) is 0 Å². The van der Waals surface area contributed by atoms with Gasteiger partial charge in [0.25, 0.3) is 0 Å². The molecule has 1 aromatic heterocycles. The number of pyridine rings is 1. The van der Waals surface area contributed by atoms with Crippen molar-refractivity contribution in [1.82, 2.24) is 4.98 Å². The molecule has 0 bridgehead atoms. The molecule has 0 amide bonds. The molecule has 22 heavy (non-hydrogen) atoms. The second-order valence-corrected chi connectivity index (χ2v) is 7.13. The number of benzene rings is 2. The largest absolute Gasteiger partial charge is 0.358 e. The van der Waals surface area contributed by atoms with Crippen LogP contribution in [0.3, 0.4) is 0 Å². The number of halogens is 2. The number of aromatic amines is 1.